The van der Waals surface area contributed by atoms with Gasteiger partial charge >= 0.3 is 5.97 Å². The number of aliphatic carboxylic acids is 1. The van der Waals surface area contributed by atoms with Crippen LogP contribution in [-0.2, 0) is 78.3 Å². The number of hydrogen-bond acceptors (Lipinski definition) is 21. The maximum atomic E-state index is 15.0. The number of nitrogens with two attached hydrogens (primary N) is 2. The summed E-state index contributed by atoms with van der Waals surface area (Å²) in [7, 11) is 0. The molecule has 14 amide bonds. The minimum Gasteiger partial charge on any atom is -0.481 e. The molecule has 18 N–H and O–H groups in total. The van der Waals surface area contributed by atoms with Crippen LogP contribution in [0.4, 0.5) is 0 Å². The van der Waals surface area contributed by atoms with Gasteiger partial charge in [-0.15, -0.1) is 0 Å². The van der Waals surface area contributed by atoms with Crippen molar-refractivity contribution in [3.8, 4) is 0 Å². The molecule has 1 aromatic rings. The summed E-state index contributed by atoms with van der Waals surface area (Å²) in [6.45, 7) is 9.16. The molecule has 4 heterocycles. The van der Waals surface area contributed by atoms with E-state index in [1.54, 1.807) is 58.0 Å². The zero-order valence-corrected chi connectivity index (χ0v) is 62.9. The van der Waals surface area contributed by atoms with Crippen LogP contribution in [0.2, 0.25) is 0 Å². The van der Waals surface area contributed by atoms with Crippen molar-refractivity contribution in [3.05, 3.63) is 35.9 Å². The van der Waals surface area contributed by atoms with Gasteiger partial charge in [0.15, 0.2) is 5.96 Å². The maximum absolute atomic E-state index is 15.0. The topological polar surface area (TPSA) is 523 Å². The summed E-state index contributed by atoms with van der Waals surface area (Å²) in [5.74, 6) is -16.6. The first-order valence-corrected chi connectivity index (χ1v) is 37.1. The predicted octanol–water partition coefficient (Wildman–Crippen LogP) is -4.87. The molecule has 16 atom stereocenters. The van der Waals surface area contributed by atoms with Gasteiger partial charge in [0.1, 0.15) is 78.5 Å². The number of carbonyl (C=O) groups is 15. The lowest BCUT2D eigenvalue weighted by molar-refractivity contribution is -0.149. The summed E-state index contributed by atoms with van der Waals surface area (Å²) in [6.07, 6.45) is -1.39. The number of aliphatic hydroxyl groups excluding tert-OH is 2. The highest BCUT2D eigenvalue weighted by molar-refractivity contribution is 7.81. The number of benzene rings is 1. The molecule has 0 spiro atoms. The van der Waals surface area contributed by atoms with Crippen LogP contribution >= 0.6 is 37.9 Å². The molecule has 35 nitrogen and oxygen atoms in total. The zero-order valence-electron chi connectivity index (χ0n) is 60.2. The number of nitrogens with zero attached hydrogens (tertiary/aromatic N) is 4. The molecule has 4 fully saturated rings. The average molecular weight is 1530 g/mol. The maximum Gasteiger partial charge on any atom is 0.305 e. The van der Waals surface area contributed by atoms with Gasteiger partial charge in [-0.2, -0.15) is 37.9 Å². The minimum atomic E-state index is -1.87. The number of carboxylic acid groups (broad SMARTS) is 1. The zero-order chi connectivity index (χ0) is 78.2. The first-order valence-electron chi connectivity index (χ1n) is 35.4. The number of amides is 14. The number of aliphatic hydroxyl groups is 2. The summed E-state index contributed by atoms with van der Waals surface area (Å²) in [5, 5.41) is 59.0. The van der Waals surface area contributed by atoms with Crippen molar-refractivity contribution in [3.63, 3.8) is 0 Å². The molecule has 1 aromatic carbocycles. The largest absolute Gasteiger partial charge is 0.481 e. The Kier molecular flexibility index (Phi) is 34.4. The first-order chi connectivity index (χ1) is 49.6. The third-order valence-electron chi connectivity index (χ3n) is 19.0. The molecule has 0 aromatic heterocycles. The fourth-order valence-corrected chi connectivity index (χ4v) is 13.4. The number of carbonyl (C=O) groups excluding carboxylic acids is 14. The van der Waals surface area contributed by atoms with Gasteiger partial charge in [-0.25, -0.2) is 0 Å². The monoisotopic (exact) mass is 1530 g/mol. The molecular formula is C67H105N17O18S3. The summed E-state index contributed by atoms with van der Waals surface area (Å²) in [4.78, 5) is 221. The molecule has 584 valence electrons. The van der Waals surface area contributed by atoms with Crippen LogP contribution < -0.4 is 70.0 Å². The third-order valence-corrected chi connectivity index (χ3v) is 19.9. The average Bonchev–Trinajstić information content (AvgIpc) is 1.72. The number of hydrogen-bond donors (Lipinski definition) is 19. The molecule has 4 aliphatic rings. The molecule has 5 rings (SSSR count). The van der Waals surface area contributed by atoms with E-state index >= 15 is 0 Å². The summed E-state index contributed by atoms with van der Waals surface area (Å²) in [5.41, 5.74) is 11.5. The van der Waals surface area contributed by atoms with E-state index in [1.165, 1.54) is 28.5 Å². The summed E-state index contributed by atoms with van der Waals surface area (Å²) < 4.78 is -1.39. The molecule has 4 saturated heterocycles. The molecule has 0 unspecified atom stereocenters. The van der Waals surface area contributed by atoms with Crippen LogP contribution in [-0.4, -0.2) is 265 Å². The Morgan fingerprint density at radius 2 is 1.04 bits per heavy atom. The van der Waals surface area contributed by atoms with Gasteiger partial charge in [-0.3, -0.25) is 76.9 Å². The molecule has 4 aliphatic heterocycles. The molecule has 105 heavy (non-hydrogen) atoms. The fraction of sp³-hybridized carbons (Fsp3) is 0.672. The normalized spacial score (nSPS) is 28.1. The van der Waals surface area contributed by atoms with E-state index in [0.717, 1.165) is 6.92 Å². The molecule has 0 bridgehead atoms. The van der Waals surface area contributed by atoms with E-state index < -0.39 is 215 Å². The number of rotatable bonds is 18. The molecular weight excluding hydrogens is 1430 g/mol. The van der Waals surface area contributed by atoms with E-state index in [4.69, 9.17) is 24.1 Å². The lowest BCUT2D eigenvalue weighted by Crippen LogP contribution is -2.64. The lowest BCUT2D eigenvalue weighted by atomic mass is 9.95. The van der Waals surface area contributed by atoms with Crippen LogP contribution in [0.5, 0.6) is 0 Å². The fourth-order valence-electron chi connectivity index (χ4n) is 12.7. The molecule has 0 aliphatic carbocycles. The van der Waals surface area contributed by atoms with Gasteiger partial charge in [0.25, 0.3) is 0 Å². The Labute approximate surface area is 626 Å². The SMILES string of the molecule is CC[C@H](C)[C@@H]1NC(=O)[C@@H]2CCCN2C(=O)[C@@H]2CCCN2C(=O)[C@H]([C@@H](C)CC)NC(=O)[C@H](CO)NC(=O)[C@H](CCS)NC(=O)[C@H]([C@@H](C)O)NC(=O)[C@H](CS)NC(=O)[C@H](CCCN=C(N)N)NC(=O)CNC(=O)[C@H](CC(=O)O)NC(=O)[C@@H]2CCCN2C(=O)[C@H](Cc2ccccc2)NC(=O)[C@@H](C(C)(C)S)NC1=O. The van der Waals surface area contributed by atoms with Crippen LogP contribution in [0.1, 0.15) is 131 Å². The van der Waals surface area contributed by atoms with Crippen LogP contribution in [0.15, 0.2) is 35.3 Å². The smallest absolute Gasteiger partial charge is 0.305 e. The van der Waals surface area contributed by atoms with Gasteiger partial charge in [0.2, 0.25) is 82.7 Å². The Hall–Kier alpha value is -8.49. The number of guanidine groups is 1. The standard InChI is InChI=1S/C67H105N17O18S3/c1-8-34(3)49-60(97)81-52(67(6,7)105)62(99)75-41(29-37-17-11-10-12-18-37)63(100)82-25-14-20-44(82)58(95)74-40(30-48(88)89)53(90)71-31-47(87)72-38(19-13-24-70-66(68)69)54(91)77-43(33-104)57(94)80-51(36(5)86)61(98)73-39(23-28-103)55(92)76-42(32-85)56(93)79-50(35(4)9-2)65(102)84-27-16-22-46(84)64(101)83-26-15-21-45(83)59(96)78-49/h10-12,17-18,34-36,38-46,49-52,85-86,103-105H,8-9,13-16,19-33H2,1-7H3,(H,71,90)(H,72,87)(H,73,98)(H,74,95)(H,75,99)(H,76,92)(H,77,91)(H,78,96)(H,79,93)(H,80,94)(H,81,97)(H,88,89)(H4,68,69,70)/t34-,35-,36+,38-,39-,40-,41-,42-,43-,44-,45-,46-,49-,50-,51-,52-/m0/s1. The number of fused-ring (bicyclic) bond motifs is 3. The van der Waals surface area contributed by atoms with Crippen molar-refractivity contribution < 1.29 is 87.2 Å². The third kappa shape index (κ3) is 25.1. The highest BCUT2D eigenvalue weighted by atomic mass is 32.1. The van der Waals surface area contributed by atoms with E-state index in [9.17, 15) is 87.2 Å². The van der Waals surface area contributed by atoms with E-state index in [1.807, 2.05) is 0 Å². The van der Waals surface area contributed by atoms with Crippen molar-refractivity contribution in [1.82, 2.24) is 73.2 Å². The second-order valence-electron chi connectivity index (χ2n) is 27.4. The van der Waals surface area contributed by atoms with E-state index in [2.05, 4.69) is 88.7 Å². The van der Waals surface area contributed by atoms with Gasteiger partial charge in [0, 0.05) is 43.1 Å². The Morgan fingerprint density at radius 1 is 0.562 bits per heavy atom. The second kappa shape index (κ2) is 41.4. The van der Waals surface area contributed by atoms with Gasteiger partial charge in [-0.1, -0.05) is 70.9 Å². The minimum absolute atomic E-state index is 0.00671. The number of thiol groups is 3. The van der Waals surface area contributed by atoms with Gasteiger partial charge in [-0.05, 0) is 102 Å². The molecule has 0 radical (unpaired) electrons. The Balaban J connectivity index is 1.54. The van der Waals surface area contributed by atoms with Crippen molar-refractivity contribution in [2.75, 3.05) is 50.8 Å². The molecule has 0 saturated carbocycles. The van der Waals surface area contributed by atoms with Gasteiger partial charge in [0.05, 0.1) is 25.7 Å². The van der Waals surface area contributed by atoms with E-state index in [0.29, 0.717) is 31.2 Å². The van der Waals surface area contributed by atoms with Crippen molar-refractivity contribution in [1.29, 1.82) is 0 Å². The Bertz CT molecular complexity index is 3310. The summed E-state index contributed by atoms with van der Waals surface area (Å²) in [6, 6.07) is -10.9. The first kappa shape index (κ1) is 87.1. The van der Waals surface area contributed by atoms with Crippen molar-refractivity contribution in [2.24, 2.45) is 28.3 Å². The van der Waals surface area contributed by atoms with Crippen LogP contribution in [0.25, 0.3) is 0 Å². The second-order valence-corrected chi connectivity index (χ2v) is 29.4. The number of aliphatic imine (C=N–C) groups is 1. The van der Waals surface area contributed by atoms with Crippen molar-refractivity contribution >= 4 is 133 Å². The molecule has 38 heteroatoms. The Morgan fingerprint density at radius 3 is 1.58 bits per heavy atom. The highest BCUT2D eigenvalue weighted by Gasteiger charge is 2.48. The quantitative estimate of drug-likeness (QED) is 0.0284. The lowest BCUT2D eigenvalue weighted by Gasteiger charge is -2.36. The number of nitrogens with one attached hydrogen (secondary N) is 11. The van der Waals surface area contributed by atoms with Crippen molar-refractivity contribution in [2.45, 2.75) is 221 Å². The number of carboxylic acids is 1. The summed E-state index contributed by atoms with van der Waals surface area (Å²) >= 11 is 13.2. The highest BCUT2D eigenvalue weighted by Crippen LogP contribution is 2.29. The van der Waals surface area contributed by atoms with Crippen LogP contribution in [0, 0.1) is 11.8 Å². The predicted molar refractivity (Wildman–Crippen MR) is 392 cm³/mol. The van der Waals surface area contributed by atoms with Gasteiger partial charge < -0.3 is 100.0 Å². The van der Waals surface area contributed by atoms with E-state index in [-0.39, 0.29) is 89.3 Å². The van der Waals surface area contributed by atoms with Crippen LogP contribution in [0.3, 0.4) is 0 Å².